The summed E-state index contributed by atoms with van der Waals surface area (Å²) in [7, 11) is 1.58. The van der Waals surface area contributed by atoms with Crippen molar-refractivity contribution in [1.29, 1.82) is 5.26 Å². The predicted octanol–water partition coefficient (Wildman–Crippen LogP) is 0.969. The third kappa shape index (κ3) is 4.56. The van der Waals surface area contributed by atoms with Crippen LogP contribution in [0.3, 0.4) is 0 Å². The van der Waals surface area contributed by atoms with Crippen molar-refractivity contribution in [2.24, 2.45) is 0 Å². The monoisotopic (exact) mass is 263 g/mol. The van der Waals surface area contributed by atoms with Gasteiger partial charge in [-0.25, -0.2) is 4.98 Å². The molecule has 1 heterocycles. The maximum absolute atomic E-state index is 11.6. The number of pyridine rings is 1. The lowest BCUT2D eigenvalue weighted by Gasteiger charge is -2.22. The number of hydrogen-bond acceptors (Lipinski definition) is 6. The minimum Gasteiger partial charge on any atom is -0.465 e. The second kappa shape index (κ2) is 8.06. The molecular weight excluding hydrogens is 246 g/mol. The van der Waals surface area contributed by atoms with Crippen molar-refractivity contribution in [1.82, 2.24) is 4.98 Å². The molecule has 1 aromatic heterocycles. The van der Waals surface area contributed by atoms with Crippen LogP contribution in [0.2, 0.25) is 0 Å². The fourth-order valence-corrected chi connectivity index (χ4v) is 1.56. The lowest BCUT2D eigenvalue weighted by Crippen LogP contribution is -2.34. The minimum absolute atomic E-state index is 0.0445. The molecule has 0 spiro atoms. The first-order valence-corrected chi connectivity index (χ1v) is 5.97. The third-order valence-corrected chi connectivity index (χ3v) is 2.40. The standard InChI is InChI=1S/C13H17N3O3/c1-3-19-12(17)10-16(7-8-18-2)13-11(9-14)5-4-6-15-13/h4-6H,3,7-8,10H2,1-2H3. The van der Waals surface area contributed by atoms with E-state index in [1.165, 1.54) is 0 Å². The van der Waals surface area contributed by atoms with Gasteiger partial charge in [-0.1, -0.05) is 0 Å². The molecule has 0 atom stereocenters. The van der Waals surface area contributed by atoms with Crippen LogP contribution in [0.15, 0.2) is 18.3 Å². The Kier molecular flexibility index (Phi) is 6.33. The first-order valence-electron chi connectivity index (χ1n) is 5.97. The van der Waals surface area contributed by atoms with Gasteiger partial charge < -0.3 is 14.4 Å². The summed E-state index contributed by atoms with van der Waals surface area (Å²) < 4.78 is 9.92. The van der Waals surface area contributed by atoms with Gasteiger partial charge in [-0.05, 0) is 19.1 Å². The lowest BCUT2D eigenvalue weighted by atomic mass is 10.2. The minimum atomic E-state index is -0.354. The summed E-state index contributed by atoms with van der Waals surface area (Å²) in [5, 5.41) is 9.07. The molecular formula is C13H17N3O3. The average molecular weight is 263 g/mol. The summed E-state index contributed by atoms with van der Waals surface area (Å²) in [5.74, 6) is 0.114. The van der Waals surface area contributed by atoms with Crippen LogP contribution < -0.4 is 4.90 Å². The van der Waals surface area contributed by atoms with Crippen molar-refractivity contribution in [2.45, 2.75) is 6.92 Å². The SMILES string of the molecule is CCOC(=O)CN(CCOC)c1ncccc1C#N. The van der Waals surface area contributed by atoms with Crippen molar-refractivity contribution < 1.29 is 14.3 Å². The Balaban J connectivity index is 2.89. The molecule has 0 saturated carbocycles. The van der Waals surface area contributed by atoms with Crippen LogP contribution in [-0.2, 0) is 14.3 Å². The number of esters is 1. The van der Waals surface area contributed by atoms with Crippen LogP contribution in [0.4, 0.5) is 5.82 Å². The molecule has 0 N–H and O–H groups in total. The molecule has 0 aliphatic heterocycles. The van der Waals surface area contributed by atoms with Crippen LogP contribution in [0.25, 0.3) is 0 Å². The molecule has 0 fully saturated rings. The second-order valence-electron chi connectivity index (χ2n) is 3.71. The number of aromatic nitrogens is 1. The van der Waals surface area contributed by atoms with Crippen LogP contribution in [0.5, 0.6) is 0 Å². The first kappa shape index (κ1) is 14.9. The summed E-state index contributed by atoms with van der Waals surface area (Å²) >= 11 is 0. The van der Waals surface area contributed by atoms with E-state index in [2.05, 4.69) is 11.1 Å². The van der Waals surface area contributed by atoms with Gasteiger partial charge in [0.15, 0.2) is 0 Å². The molecule has 0 radical (unpaired) electrons. The fourth-order valence-electron chi connectivity index (χ4n) is 1.56. The Morgan fingerprint density at radius 2 is 2.37 bits per heavy atom. The molecule has 0 aromatic carbocycles. The number of carbonyl (C=O) groups is 1. The third-order valence-electron chi connectivity index (χ3n) is 2.40. The molecule has 6 nitrogen and oxygen atoms in total. The van der Waals surface area contributed by atoms with Gasteiger partial charge in [0.05, 0.1) is 18.8 Å². The van der Waals surface area contributed by atoms with Crippen LogP contribution in [0.1, 0.15) is 12.5 Å². The van der Waals surface area contributed by atoms with Crippen molar-refractivity contribution in [2.75, 3.05) is 38.3 Å². The topological polar surface area (TPSA) is 75.4 Å². The normalized spacial score (nSPS) is 9.74. The van der Waals surface area contributed by atoms with Gasteiger partial charge in [0.1, 0.15) is 18.4 Å². The van der Waals surface area contributed by atoms with Crippen LogP contribution >= 0.6 is 0 Å². The fraction of sp³-hybridized carbons (Fsp3) is 0.462. The molecule has 0 bridgehead atoms. The average Bonchev–Trinajstić information content (AvgIpc) is 2.43. The Labute approximate surface area is 112 Å². The maximum atomic E-state index is 11.6. The largest absolute Gasteiger partial charge is 0.465 e. The number of methoxy groups -OCH3 is 1. The number of nitriles is 1. The molecule has 1 aromatic rings. The van der Waals surface area contributed by atoms with Gasteiger partial charge in [0.2, 0.25) is 0 Å². The van der Waals surface area contributed by atoms with Crippen molar-refractivity contribution in [3.05, 3.63) is 23.9 Å². The molecule has 0 aliphatic carbocycles. The number of carbonyl (C=O) groups excluding carboxylic acids is 1. The Bertz CT molecular complexity index is 457. The van der Waals surface area contributed by atoms with Crippen molar-refractivity contribution in [3.63, 3.8) is 0 Å². The van der Waals surface area contributed by atoms with Gasteiger partial charge in [-0.15, -0.1) is 0 Å². The molecule has 0 saturated heterocycles. The maximum Gasteiger partial charge on any atom is 0.325 e. The summed E-state index contributed by atoms with van der Waals surface area (Å²) in [6, 6.07) is 5.40. The second-order valence-corrected chi connectivity index (χ2v) is 3.71. The Morgan fingerprint density at radius 1 is 1.58 bits per heavy atom. The quantitative estimate of drug-likeness (QED) is 0.682. The molecule has 6 heteroatoms. The summed E-state index contributed by atoms with van der Waals surface area (Å²) in [4.78, 5) is 17.4. The van der Waals surface area contributed by atoms with Crippen LogP contribution in [0, 0.1) is 11.3 Å². The Morgan fingerprint density at radius 3 is 3.00 bits per heavy atom. The summed E-state index contributed by atoms with van der Waals surface area (Å²) in [6.07, 6.45) is 1.58. The van der Waals surface area contributed by atoms with E-state index in [-0.39, 0.29) is 12.5 Å². The van der Waals surface area contributed by atoms with Gasteiger partial charge in [0, 0.05) is 19.9 Å². The zero-order valence-corrected chi connectivity index (χ0v) is 11.1. The van der Waals surface area contributed by atoms with Crippen molar-refractivity contribution in [3.8, 4) is 6.07 Å². The van der Waals surface area contributed by atoms with Crippen LogP contribution in [-0.4, -0.2) is 44.4 Å². The molecule has 0 amide bonds. The van der Waals surface area contributed by atoms with E-state index in [1.807, 2.05) is 0 Å². The van der Waals surface area contributed by atoms with E-state index < -0.39 is 0 Å². The number of nitrogens with zero attached hydrogens (tertiary/aromatic N) is 3. The van der Waals surface area contributed by atoms with E-state index in [0.717, 1.165) is 0 Å². The lowest BCUT2D eigenvalue weighted by molar-refractivity contribution is -0.141. The van der Waals surface area contributed by atoms with E-state index >= 15 is 0 Å². The number of anilines is 1. The summed E-state index contributed by atoms with van der Waals surface area (Å²) in [5.41, 5.74) is 0.419. The number of hydrogen-bond donors (Lipinski definition) is 0. The molecule has 0 aliphatic rings. The van der Waals surface area contributed by atoms with Gasteiger partial charge >= 0.3 is 5.97 Å². The molecule has 102 valence electrons. The van der Waals surface area contributed by atoms with E-state index in [0.29, 0.717) is 31.1 Å². The summed E-state index contributed by atoms with van der Waals surface area (Å²) in [6.45, 7) is 3.01. The van der Waals surface area contributed by atoms with E-state index in [9.17, 15) is 4.79 Å². The van der Waals surface area contributed by atoms with Gasteiger partial charge in [0.25, 0.3) is 0 Å². The Hall–Kier alpha value is -2.13. The predicted molar refractivity (Wildman–Crippen MR) is 69.7 cm³/mol. The zero-order valence-electron chi connectivity index (χ0n) is 11.1. The number of rotatable bonds is 7. The highest BCUT2D eigenvalue weighted by molar-refractivity contribution is 5.76. The zero-order chi connectivity index (χ0) is 14.1. The number of ether oxygens (including phenoxy) is 2. The van der Waals surface area contributed by atoms with Gasteiger partial charge in [-0.3, -0.25) is 4.79 Å². The van der Waals surface area contributed by atoms with E-state index in [1.54, 1.807) is 37.3 Å². The highest BCUT2D eigenvalue weighted by Crippen LogP contribution is 2.15. The smallest absolute Gasteiger partial charge is 0.325 e. The molecule has 1 rings (SSSR count). The van der Waals surface area contributed by atoms with Crippen molar-refractivity contribution >= 4 is 11.8 Å². The molecule has 19 heavy (non-hydrogen) atoms. The first-order chi connectivity index (χ1) is 9.22. The molecule has 0 unspecified atom stereocenters. The highest BCUT2D eigenvalue weighted by Gasteiger charge is 2.16. The van der Waals surface area contributed by atoms with Gasteiger partial charge in [-0.2, -0.15) is 5.26 Å². The van der Waals surface area contributed by atoms with E-state index in [4.69, 9.17) is 14.7 Å². The highest BCUT2D eigenvalue weighted by atomic mass is 16.5.